The second kappa shape index (κ2) is 6.29. The molecule has 0 heterocycles. The van der Waals surface area contributed by atoms with Gasteiger partial charge in [0.05, 0.1) is 16.6 Å². The van der Waals surface area contributed by atoms with E-state index in [1.165, 1.54) is 23.1 Å². The van der Waals surface area contributed by atoms with E-state index in [0.717, 1.165) is 0 Å². The summed E-state index contributed by atoms with van der Waals surface area (Å²) >= 11 is 3.08. The third-order valence-electron chi connectivity index (χ3n) is 2.53. The number of amides is 1. The molecule has 0 atom stereocenters. The van der Waals surface area contributed by atoms with Crippen LogP contribution in [0.4, 0.5) is 5.69 Å². The second-order valence-electron chi connectivity index (χ2n) is 4.08. The summed E-state index contributed by atoms with van der Waals surface area (Å²) in [7, 11) is 0. The summed E-state index contributed by atoms with van der Waals surface area (Å²) in [6.07, 6.45) is 0. The molecule has 0 fully saturated rings. The van der Waals surface area contributed by atoms with Gasteiger partial charge in [0.1, 0.15) is 11.0 Å². The predicted molar refractivity (Wildman–Crippen MR) is 72.6 cm³/mol. The van der Waals surface area contributed by atoms with Crippen molar-refractivity contribution in [3.05, 3.63) is 38.3 Å². The molecule has 0 aliphatic carbocycles. The van der Waals surface area contributed by atoms with E-state index in [2.05, 4.69) is 15.9 Å². The molecule has 0 bridgehead atoms. The average molecular weight is 326 g/mol. The monoisotopic (exact) mass is 325 g/mol. The van der Waals surface area contributed by atoms with Gasteiger partial charge in [-0.15, -0.1) is 0 Å². The van der Waals surface area contributed by atoms with Gasteiger partial charge in [0.2, 0.25) is 0 Å². The Labute approximate surface area is 118 Å². The number of hydrogen-bond acceptors (Lipinski definition) is 4. The normalized spacial score (nSPS) is 10.1. The van der Waals surface area contributed by atoms with Crippen LogP contribution in [-0.4, -0.2) is 28.3 Å². The number of rotatable bonds is 4. The minimum absolute atomic E-state index is 0.0639. The highest BCUT2D eigenvalue weighted by Crippen LogP contribution is 2.29. The number of nitro benzene ring substituents is 1. The number of carbonyl (C=O) groups excluding carboxylic acids is 1. The number of benzene rings is 1. The fourth-order valence-electron chi connectivity index (χ4n) is 1.55. The van der Waals surface area contributed by atoms with Crippen molar-refractivity contribution in [1.29, 1.82) is 5.26 Å². The van der Waals surface area contributed by atoms with Crippen molar-refractivity contribution in [3.8, 4) is 6.07 Å². The van der Waals surface area contributed by atoms with Gasteiger partial charge in [0, 0.05) is 12.1 Å². The maximum absolute atomic E-state index is 12.3. The fourth-order valence-corrected chi connectivity index (χ4v) is 2.12. The van der Waals surface area contributed by atoms with Crippen molar-refractivity contribution in [3.63, 3.8) is 0 Å². The Bertz CT molecular complexity index is 552. The third kappa shape index (κ3) is 3.29. The first-order chi connectivity index (χ1) is 8.90. The molecule has 6 nitrogen and oxygen atoms in total. The largest absolute Gasteiger partial charge is 0.323 e. The Morgan fingerprint density at radius 1 is 1.58 bits per heavy atom. The maximum Gasteiger partial charge on any atom is 0.284 e. The lowest BCUT2D eigenvalue weighted by Gasteiger charge is -2.24. The van der Waals surface area contributed by atoms with E-state index in [1.54, 1.807) is 13.8 Å². The van der Waals surface area contributed by atoms with E-state index < -0.39 is 10.8 Å². The van der Waals surface area contributed by atoms with Crippen LogP contribution in [0.2, 0.25) is 0 Å². The molecule has 1 aromatic rings. The summed E-state index contributed by atoms with van der Waals surface area (Å²) in [5.74, 6) is -0.410. The highest BCUT2D eigenvalue weighted by atomic mass is 79.9. The van der Waals surface area contributed by atoms with Crippen molar-refractivity contribution in [2.75, 3.05) is 6.54 Å². The number of nitro groups is 1. The quantitative estimate of drug-likeness (QED) is 0.483. The first-order valence-electron chi connectivity index (χ1n) is 5.51. The van der Waals surface area contributed by atoms with Crippen LogP contribution in [-0.2, 0) is 0 Å². The molecule has 1 aromatic carbocycles. The van der Waals surface area contributed by atoms with E-state index in [0.29, 0.717) is 0 Å². The van der Waals surface area contributed by atoms with Crippen molar-refractivity contribution in [2.24, 2.45) is 0 Å². The summed E-state index contributed by atoms with van der Waals surface area (Å²) in [6.45, 7) is 3.49. The molecular formula is C12H12BrN3O3. The third-order valence-corrected chi connectivity index (χ3v) is 3.36. The molecule has 0 unspecified atom stereocenters. The van der Waals surface area contributed by atoms with Crippen LogP contribution in [0.1, 0.15) is 24.2 Å². The standard InChI is InChI=1S/C12H12BrN3O3/c1-8(2)15(7-6-14)12(17)9-4-3-5-10(11(9)13)16(18)19/h3-5,8H,7H2,1-2H3. The molecule has 1 rings (SSSR count). The van der Waals surface area contributed by atoms with Gasteiger partial charge < -0.3 is 4.90 Å². The van der Waals surface area contributed by atoms with Crippen LogP contribution in [0, 0.1) is 21.4 Å². The summed E-state index contributed by atoms with van der Waals surface area (Å²) < 4.78 is 0.133. The smallest absolute Gasteiger partial charge is 0.284 e. The Morgan fingerprint density at radius 2 is 2.21 bits per heavy atom. The summed E-state index contributed by atoms with van der Waals surface area (Å²) in [4.78, 5) is 23.9. The number of nitrogens with zero attached hydrogens (tertiary/aromatic N) is 3. The van der Waals surface area contributed by atoms with Gasteiger partial charge in [-0.1, -0.05) is 6.07 Å². The van der Waals surface area contributed by atoms with Gasteiger partial charge in [-0.3, -0.25) is 14.9 Å². The molecule has 0 radical (unpaired) electrons. The van der Waals surface area contributed by atoms with Crippen LogP contribution in [0.15, 0.2) is 22.7 Å². The highest BCUT2D eigenvalue weighted by molar-refractivity contribution is 9.10. The topological polar surface area (TPSA) is 87.2 Å². The molecule has 0 saturated carbocycles. The zero-order valence-electron chi connectivity index (χ0n) is 10.5. The zero-order chi connectivity index (χ0) is 14.6. The molecule has 0 aromatic heterocycles. The first kappa shape index (κ1) is 15.1. The van der Waals surface area contributed by atoms with Gasteiger partial charge in [0.15, 0.2) is 0 Å². The minimum Gasteiger partial charge on any atom is -0.323 e. The number of hydrogen-bond donors (Lipinski definition) is 0. The highest BCUT2D eigenvalue weighted by Gasteiger charge is 2.24. The molecule has 0 spiro atoms. The predicted octanol–water partition coefficient (Wildman–Crippen LogP) is 2.73. The number of nitriles is 1. The van der Waals surface area contributed by atoms with Crippen LogP contribution in [0.5, 0.6) is 0 Å². The van der Waals surface area contributed by atoms with Gasteiger partial charge in [-0.05, 0) is 35.8 Å². The molecule has 19 heavy (non-hydrogen) atoms. The van der Waals surface area contributed by atoms with Crippen LogP contribution >= 0.6 is 15.9 Å². The Hall–Kier alpha value is -1.94. The molecule has 0 N–H and O–H groups in total. The molecule has 1 amide bonds. The zero-order valence-corrected chi connectivity index (χ0v) is 12.0. The maximum atomic E-state index is 12.3. The van der Waals surface area contributed by atoms with E-state index in [-0.39, 0.29) is 28.3 Å². The molecular weight excluding hydrogens is 314 g/mol. The van der Waals surface area contributed by atoms with Crippen molar-refractivity contribution in [1.82, 2.24) is 4.90 Å². The Kier molecular flexibility index (Phi) is 5.01. The molecule has 0 aliphatic rings. The molecule has 7 heteroatoms. The average Bonchev–Trinajstić information content (AvgIpc) is 2.34. The van der Waals surface area contributed by atoms with Crippen LogP contribution in [0.25, 0.3) is 0 Å². The first-order valence-corrected chi connectivity index (χ1v) is 6.30. The molecule has 0 aliphatic heterocycles. The van der Waals surface area contributed by atoms with Gasteiger partial charge in [-0.2, -0.15) is 5.26 Å². The summed E-state index contributed by atoms with van der Waals surface area (Å²) in [5, 5.41) is 19.6. The van der Waals surface area contributed by atoms with E-state index in [9.17, 15) is 14.9 Å². The SMILES string of the molecule is CC(C)N(CC#N)C(=O)c1cccc([N+](=O)[O-])c1Br. The Balaban J connectivity index is 3.23. The van der Waals surface area contributed by atoms with Crippen molar-refractivity contribution >= 4 is 27.5 Å². The van der Waals surface area contributed by atoms with Gasteiger partial charge in [0.25, 0.3) is 11.6 Å². The van der Waals surface area contributed by atoms with Crippen LogP contribution < -0.4 is 0 Å². The molecule has 100 valence electrons. The van der Waals surface area contributed by atoms with E-state index >= 15 is 0 Å². The van der Waals surface area contributed by atoms with Crippen molar-refractivity contribution < 1.29 is 9.72 Å². The van der Waals surface area contributed by atoms with Gasteiger partial charge in [-0.25, -0.2) is 0 Å². The summed E-state index contributed by atoms with van der Waals surface area (Å²) in [6, 6.07) is 5.99. The number of halogens is 1. The lowest BCUT2D eigenvalue weighted by Crippen LogP contribution is -2.37. The second-order valence-corrected chi connectivity index (χ2v) is 4.87. The Morgan fingerprint density at radius 3 is 2.68 bits per heavy atom. The van der Waals surface area contributed by atoms with Crippen LogP contribution in [0.3, 0.4) is 0 Å². The minimum atomic E-state index is -0.565. The summed E-state index contributed by atoms with van der Waals surface area (Å²) in [5.41, 5.74) is 0.00432. The lowest BCUT2D eigenvalue weighted by molar-refractivity contribution is -0.385. The van der Waals surface area contributed by atoms with E-state index in [4.69, 9.17) is 5.26 Å². The fraction of sp³-hybridized carbons (Fsp3) is 0.333. The number of carbonyl (C=O) groups is 1. The van der Waals surface area contributed by atoms with E-state index in [1.807, 2.05) is 6.07 Å². The van der Waals surface area contributed by atoms with Crippen molar-refractivity contribution in [2.45, 2.75) is 19.9 Å². The lowest BCUT2D eigenvalue weighted by atomic mass is 10.1. The molecule has 0 saturated heterocycles. The van der Waals surface area contributed by atoms with Gasteiger partial charge >= 0.3 is 0 Å².